The summed E-state index contributed by atoms with van der Waals surface area (Å²) in [4.78, 5) is 9.81. The van der Waals surface area contributed by atoms with Crippen molar-refractivity contribution < 1.29 is 0 Å². The van der Waals surface area contributed by atoms with Gasteiger partial charge in [0.05, 0.1) is 0 Å². The minimum atomic E-state index is 0.465. The minimum absolute atomic E-state index is 0.465. The molecular formula is C18H31N3. The fourth-order valence-corrected chi connectivity index (χ4v) is 3.39. The smallest absolute Gasteiger partial charge is 0.134 e. The second-order valence-corrected chi connectivity index (χ2v) is 6.70. The van der Waals surface area contributed by atoms with Crippen LogP contribution in [-0.2, 0) is 0 Å². The summed E-state index contributed by atoms with van der Waals surface area (Å²) in [5, 5.41) is 3.53. The molecule has 3 heteroatoms. The van der Waals surface area contributed by atoms with Gasteiger partial charge >= 0.3 is 0 Å². The number of anilines is 1. The lowest BCUT2D eigenvalue weighted by atomic mass is 9.97. The van der Waals surface area contributed by atoms with Gasteiger partial charge in [-0.05, 0) is 32.1 Å². The molecule has 1 aliphatic rings. The van der Waals surface area contributed by atoms with Crippen LogP contribution in [0, 0.1) is 6.92 Å². The highest BCUT2D eigenvalue weighted by Crippen LogP contribution is 2.33. The van der Waals surface area contributed by atoms with Crippen LogP contribution in [0.25, 0.3) is 0 Å². The predicted molar refractivity (Wildman–Crippen MR) is 90.1 cm³/mol. The molecular weight excluding hydrogens is 258 g/mol. The summed E-state index contributed by atoms with van der Waals surface area (Å²) >= 11 is 0. The molecule has 0 bridgehead atoms. The first kappa shape index (κ1) is 16.3. The van der Waals surface area contributed by atoms with Gasteiger partial charge in [0.25, 0.3) is 0 Å². The summed E-state index contributed by atoms with van der Waals surface area (Å²) in [5.41, 5.74) is 2.46. The highest BCUT2D eigenvalue weighted by atomic mass is 15.0. The van der Waals surface area contributed by atoms with Crippen molar-refractivity contribution in [3.8, 4) is 0 Å². The fraction of sp³-hybridized carbons (Fsp3) is 0.778. The summed E-state index contributed by atoms with van der Waals surface area (Å²) < 4.78 is 0. The molecule has 1 aromatic heterocycles. The van der Waals surface area contributed by atoms with Gasteiger partial charge in [-0.1, -0.05) is 46.5 Å². The Morgan fingerprint density at radius 2 is 1.76 bits per heavy atom. The van der Waals surface area contributed by atoms with Crippen LogP contribution in [0.5, 0.6) is 0 Å². The predicted octanol–water partition coefficient (Wildman–Crippen LogP) is 5.17. The first-order chi connectivity index (χ1) is 10.1. The zero-order chi connectivity index (χ0) is 15.2. The largest absolute Gasteiger partial charge is 0.370 e. The molecule has 0 amide bonds. The molecule has 1 N–H and O–H groups in total. The Balaban J connectivity index is 2.31. The van der Waals surface area contributed by atoms with Crippen LogP contribution in [0.2, 0.25) is 0 Å². The Hall–Kier alpha value is -1.12. The lowest BCUT2D eigenvalue weighted by Gasteiger charge is -2.20. The minimum Gasteiger partial charge on any atom is -0.370 e. The van der Waals surface area contributed by atoms with Gasteiger partial charge in [-0.15, -0.1) is 0 Å². The van der Waals surface area contributed by atoms with Crippen LogP contribution in [0.1, 0.15) is 94.6 Å². The van der Waals surface area contributed by atoms with Crippen molar-refractivity contribution in [2.45, 2.75) is 84.5 Å². The monoisotopic (exact) mass is 289 g/mol. The van der Waals surface area contributed by atoms with Crippen molar-refractivity contribution in [1.29, 1.82) is 0 Å². The number of nitrogens with one attached hydrogen (secondary N) is 1. The van der Waals surface area contributed by atoms with Gasteiger partial charge in [0, 0.05) is 23.7 Å². The summed E-state index contributed by atoms with van der Waals surface area (Å²) in [5.74, 6) is 3.19. The molecule has 1 aliphatic carbocycles. The molecule has 0 atom stereocenters. The number of rotatable bonds is 5. The summed E-state index contributed by atoms with van der Waals surface area (Å²) in [6.45, 7) is 9.79. The summed E-state index contributed by atoms with van der Waals surface area (Å²) in [6.07, 6.45) is 9.05. The average molecular weight is 289 g/mol. The molecule has 1 aromatic rings. The Labute approximate surface area is 130 Å². The number of hydrogen-bond donors (Lipinski definition) is 1. The summed E-state index contributed by atoms with van der Waals surface area (Å²) in [6, 6.07) is 0. The standard InChI is InChI=1S/C18H31N3/c1-5-12-19-18-16(13(2)3)14(4)20-17(21-18)15-10-8-6-7-9-11-15/h13,15H,5-12H2,1-4H3,(H,19,20,21). The van der Waals surface area contributed by atoms with Crippen LogP contribution in [0.15, 0.2) is 0 Å². The third-order valence-electron chi connectivity index (χ3n) is 4.49. The van der Waals surface area contributed by atoms with E-state index in [1.807, 2.05) is 0 Å². The van der Waals surface area contributed by atoms with Crippen molar-refractivity contribution in [2.24, 2.45) is 0 Å². The Morgan fingerprint density at radius 3 is 2.33 bits per heavy atom. The molecule has 1 heterocycles. The number of aryl methyl sites for hydroxylation is 1. The molecule has 21 heavy (non-hydrogen) atoms. The van der Waals surface area contributed by atoms with E-state index in [-0.39, 0.29) is 0 Å². The van der Waals surface area contributed by atoms with Crippen molar-refractivity contribution in [2.75, 3.05) is 11.9 Å². The van der Waals surface area contributed by atoms with Crippen molar-refractivity contribution in [3.63, 3.8) is 0 Å². The van der Waals surface area contributed by atoms with Crippen molar-refractivity contribution >= 4 is 5.82 Å². The van der Waals surface area contributed by atoms with Crippen LogP contribution in [0.3, 0.4) is 0 Å². The summed E-state index contributed by atoms with van der Waals surface area (Å²) in [7, 11) is 0. The third kappa shape index (κ3) is 4.18. The molecule has 0 saturated heterocycles. The third-order valence-corrected chi connectivity index (χ3v) is 4.49. The highest BCUT2D eigenvalue weighted by Gasteiger charge is 2.21. The average Bonchev–Trinajstić information content (AvgIpc) is 2.73. The number of hydrogen-bond acceptors (Lipinski definition) is 3. The molecule has 0 spiro atoms. The Kier molecular flexibility index (Phi) is 6.01. The van der Waals surface area contributed by atoms with E-state index in [2.05, 4.69) is 33.0 Å². The topological polar surface area (TPSA) is 37.8 Å². The molecule has 0 radical (unpaired) electrons. The maximum Gasteiger partial charge on any atom is 0.134 e. The van der Waals surface area contributed by atoms with E-state index in [4.69, 9.17) is 9.97 Å². The quantitative estimate of drug-likeness (QED) is 0.760. The van der Waals surface area contributed by atoms with E-state index in [0.29, 0.717) is 11.8 Å². The van der Waals surface area contributed by atoms with Gasteiger partial charge in [0.15, 0.2) is 0 Å². The molecule has 2 rings (SSSR count). The SMILES string of the molecule is CCCNc1nc(C2CCCCCC2)nc(C)c1C(C)C. The van der Waals surface area contributed by atoms with Gasteiger partial charge in [0.2, 0.25) is 0 Å². The van der Waals surface area contributed by atoms with Gasteiger partial charge in [-0.3, -0.25) is 0 Å². The second kappa shape index (κ2) is 7.77. The Bertz CT molecular complexity index is 446. The van der Waals surface area contributed by atoms with Gasteiger partial charge in [-0.2, -0.15) is 0 Å². The molecule has 1 fully saturated rings. The maximum absolute atomic E-state index is 4.94. The van der Waals surface area contributed by atoms with Gasteiger partial charge in [-0.25, -0.2) is 9.97 Å². The van der Waals surface area contributed by atoms with Crippen LogP contribution in [-0.4, -0.2) is 16.5 Å². The fourth-order valence-electron chi connectivity index (χ4n) is 3.39. The number of aromatic nitrogens is 2. The second-order valence-electron chi connectivity index (χ2n) is 6.70. The molecule has 0 aromatic carbocycles. The van der Waals surface area contributed by atoms with Crippen LogP contribution < -0.4 is 5.32 Å². The number of nitrogens with zero attached hydrogens (tertiary/aromatic N) is 2. The van der Waals surface area contributed by atoms with E-state index < -0.39 is 0 Å². The van der Waals surface area contributed by atoms with Crippen molar-refractivity contribution in [3.05, 3.63) is 17.1 Å². The first-order valence-corrected chi connectivity index (χ1v) is 8.75. The van der Waals surface area contributed by atoms with E-state index in [1.54, 1.807) is 0 Å². The molecule has 3 nitrogen and oxygen atoms in total. The van der Waals surface area contributed by atoms with E-state index in [9.17, 15) is 0 Å². The van der Waals surface area contributed by atoms with Gasteiger partial charge < -0.3 is 5.32 Å². The van der Waals surface area contributed by atoms with Gasteiger partial charge in [0.1, 0.15) is 11.6 Å². The lowest BCUT2D eigenvalue weighted by Crippen LogP contribution is -2.14. The van der Waals surface area contributed by atoms with Crippen molar-refractivity contribution in [1.82, 2.24) is 9.97 Å². The zero-order valence-electron chi connectivity index (χ0n) is 14.2. The Morgan fingerprint density at radius 1 is 1.10 bits per heavy atom. The lowest BCUT2D eigenvalue weighted by molar-refractivity contribution is 0.557. The maximum atomic E-state index is 4.94. The molecule has 1 saturated carbocycles. The highest BCUT2D eigenvalue weighted by molar-refractivity contribution is 5.48. The molecule has 118 valence electrons. The first-order valence-electron chi connectivity index (χ1n) is 8.75. The zero-order valence-corrected chi connectivity index (χ0v) is 14.2. The van der Waals surface area contributed by atoms with E-state index >= 15 is 0 Å². The van der Waals surface area contributed by atoms with E-state index in [1.165, 1.54) is 44.1 Å². The molecule has 0 aliphatic heterocycles. The van der Waals surface area contributed by atoms with Crippen LogP contribution >= 0.6 is 0 Å². The van der Waals surface area contributed by atoms with Crippen LogP contribution in [0.4, 0.5) is 5.82 Å². The van der Waals surface area contributed by atoms with E-state index in [0.717, 1.165) is 30.3 Å². The molecule has 0 unspecified atom stereocenters. The normalized spacial score (nSPS) is 17.0.